The van der Waals surface area contributed by atoms with Gasteiger partial charge in [-0.05, 0) is 32.0 Å². The maximum atomic E-state index is 12.5. The molecule has 8 heteroatoms. The number of rotatable bonds is 6. The summed E-state index contributed by atoms with van der Waals surface area (Å²) in [6.07, 6.45) is -4.36. The number of hydrogen-bond donors (Lipinski definition) is 2. The van der Waals surface area contributed by atoms with Crippen LogP contribution in [0, 0.1) is 0 Å². The lowest BCUT2D eigenvalue weighted by Crippen LogP contribution is -2.37. The lowest BCUT2D eigenvalue weighted by Gasteiger charge is -2.11. The maximum Gasteiger partial charge on any atom is 0.416 e. The highest BCUT2D eigenvalue weighted by atomic mass is 127. The van der Waals surface area contributed by atoms with Crippen LogP contribution in [0.3, 0.4) is 0 Å². The Bertz CT molecular complexity index is 459. The van der Waals surface area contributed by atoms with Crippen molar-refractivity contribution in [2.45, 2.75) is 20.0 Å². The summed E-state index contributed by atoms with van der Waals surface area (Å²) in [5.41, 5.74) is -0.718. The summed E-state index contributed by atoms with van der Waals surface area (Å²) in [7, 11) is 0. The molecule has 0 saturated heterocycles. The average Bonchev–Trinajstić information content (AvgIpc) is 2.43. The first-order valence-corrected chi connectivity index (χ1v) is 6.79. The number of guanidine groups is 1. The molecule has 1 rings (SSSR count). The number of nitrogens with zero attached hydrogens (tertiary/aromatic N) is 1. The Morgan fingerprint density at radius 1 is 1.18 bits per heavy atom. The second kappa shape index (κ2) is 10.5. The van der Waals surface area contributed by atoms with E-state index < -0.39 is 11.7 Å². The summed E-state index contributed by atoms with van der Waals surface area (Å²) >= 11 is 0. The molecular weight excluding hydrogens is 410 g/mol. The highest BCUT2D eigenvalue weighted by Crippen LogP contribution is 2.31. The van der Waals surface area contributed by atoms with E-state index in [4.69, 9.17) is 4.74 Å². The Balaban J connectivity index is 0.00000441. The largest absolute Gasteiger partial charge is 0.492 e. The summed E-state index contributed by atoms with van der Waals surface area (Å²) in [5, 5.41) is 6.09. The number of alkyl halides is 3. The third kappa shape index (κ3) is 7.71. The van der Waals surface area contributed by atoms with Gasteiger partial charge in [0.2, 0.25) is 0 Å². The molecular formula is C14H21F3IN3O. The van der Waals surface area contributed by atoms with Gasteiger partial charge in [0.15, 0.2) is 5.96 Å². The van der Waals surface area contributed by atoms with Crippen molar-refractivity contribution in [2.24, 2.45) is 4.99 Å². The van der Waals surface area contributed by atoms with E-state index in [0.717, 1.165) is 25.2 Å². The van der Waals surface area contributed by atoms with Crippen LogP contribution in [-0.2, 0) is 6.18 Å². The van der Waals surface area contributed by atoms with Gasteiger partial charge in [-0.2, -0.15) is 13.2 Å². The van der Waals surface area contributed by atoms with Crippen molar-refractivity contribution in [1.82, 2.24) is 10.6 Å². The third-order valence-corrected chi connectivity index (χ3v) is 2.48. The molecule has 0 unspecified atom stereocenters. The first-order chi connectivity index (χ1) is 9.97. The quantitative estimate of drug-likeness (QED) is 0.315. The second-order valence-corrected chi connectivity index (χ2v) is 4.17. The van der Waals surface area contributed by atoms with Crippen molar-refractivity contribution in [3.05, 3.63) is 29.8 Å². The minimum absolute atomic E-state index is 0. The standard InChI is InChI=1S/C14H20F3N3O.HI/c1-3-18-13(19-4-2)20-8-9-21-12-7-5-6-11(10-12)14(15,16)17;/h5-7,10H,3-4,8-9H2,1-2H3,(H2,18,19,20);1H. The molecule has 0 bridgehead atoms. The van der Waals surface area contributed by atoms with E-state index >= 15 is 0 Å². The van der Waals surface area contributed by atoms with Gasteiger partial charge >= 0.3 is 6.18 Å². The van der Waals surface area contributed by atoms with Crippen LogP contribution in [-0.4, -0.2) is 32.2 Å². The molecule has 0 fully saturated rings. The molecule has 0 saturated carbocycles. The second-order valence-electron chi connectivity index (χ2n) is 4.17. The Kier molecular flexibility index (Phi) is 9.95. The molecule has 22 heavy (non-hydrogen) atoms. The lowest BCUT2D eigenvalue weighted by molar-refractivity contribution is -0.137. The van der Waals surface area contributed by atoms with Gasteiger partial charge in [-0.1, -0.05) is 6.07 Å². The summed E-state index contributed by atoms with van der Waals surface area (Å²) in [4.78, 5) is 4.24. The average molecular weight is 431 g/mol. The van der Waals surface area contributed by atoms with Gasteiger partial charge in [0.05, 0.1) is 12.1 Å². The van der Waals surface area contributed by atoms with E-state index in [9.17, 15) is 13.2 Å². The molecule has 0 aliphatic heterocycles. The van der Waals surface area contributed by atoms with E-state index in [1.54, 1.807) is 0 Å². The van der Waals surface area contributed by atoms with Crippen LogP contribution in [0.15, 0.2) is 29.3 Å². The minimum Gasteiger partial charge on any atom is -0.492 e. The van der Waals surface area contributed by atoms with Crippen molar-refractivity contribution in [3.63, 3.8) is 0 Å². The number of aliphatic imine (C=N–C) groups is 1. The molecule has 0 amide bonds. The van der Waals surface area contributed by atoms with Crippen LogP contribution >= 0.6 is 24.0 Å². The van der Waals surface area contributed by atoms with Crippen molar-refractivity contribution < 1.29 is 17.9 Å². The zero-order valence-corrected chi connectivity index (χ0v) is 14.9. The van der Waals surface area contributed by atoms with Crippen LogP contribution in [0.4, 0.5) is 13.2 Å². The molecule has 0 radical (unpaired) electrons. The third-order valence-electron chi connectivity index (χ3n) is 2.48. The molecule has 4 nitrogen and oxygen atoms in total. The van der Waals surface area contributed by atoms with Crippen molar-refractivity contribution in [2.75, 3.05) is 26.2 Å². The number of hydrogen-bond acceptors (Lipinski definition) is 2. The SMILES string of the molecule is CCNC(=NCCOc1cccc(C(F)(F)F)c1)NCC.I. The molecule has 1 aromatic carbocycles. The molecule has 0 heterocycles. The summed E-state index contributed by atoms with van der Waals surface area (Å²) in [6.45, 7) is 5.94. The molecule has 2 N–H and O–H groups in total. The van der Waals surface area contributed by atoms with Crippen LogP contribution in [0.25, 0.3) is 0 Å². The van der Waals surface area contributed by atoms with Gasteiger partial charge in [-0.15, -0.1) is 24.0 Å². The Labute approximate surface area is 145 Å². The molecule has 126 valence electrons. The lowest BCUT2D eigenvalue weighted by atomic mass is 10.2. The van der Waals surface area contributed by atoms with Crippen molar-refractivity contribution >= 4 is 29.9 Å². The molecule has 0 spiro atoms. The number of benzene rings is 1. The molecule has 1 aromatic rings. The maximum absolute atomic E-state index is 12.5. The van der Waals surface area contributed by atoms with Crippen LogP contribution in [0.2, 0.25) is 0 Å². The topological polar surface area (TPSA) is 45.7 Å². The summed E-state index contributed by atoms with van der Waals surface area (Å²) in [6, 6.07) is 4.82. The fourth-order valence-corrected chi connectivity index (χ4v) is 1.59. The minimum atomic E-state index is -4.36. The van der Waals surface area contributed by atoms with Crippen LogP contribution < -0.4 is 15.4 Å². The van der Waals surface area contributed by atoms with Gasteiger partial charge in [-0.25, -0.2) is 4.99 Å². The molecule has 0 aliphatic rings. The smallest absolute Gasteiger partial charge is 0.416 e. The number of ether oxygens (including phenoxy) is 1. The van der Waals surface area contributed by atoms with Gasteiger partial charge in [-0.3, -0.25) is 0 Å². The summed E-state index contributed by atoms with van der Waals surface area (Å²) < 4.78 is 42.9. The monoisotopic (exact) mass is 431 g/mol. The van der Waals surface area contributed by atoms with E-state index in [-0.39, 0.29) is 36.3 Å². The predicted octanol–water partition coefficient (Wildman–Crippen LogP) is 3.28. The van der Waals surface area contributed by atoms with E-state index in [0.29, 0.717) is 12.5 Å². The summed E-state index contributed by atoms with van der Waals surface area (Å²) in [5.74, 6) is 0.848. The first-order valence-electron chi connectivity index (χ1n) is 6.79. The van der Waals surface area contributed by atoms with Crippen molar-refractivity contribution in [1.29, 1.82) is 0 Å². The Morgan fingerprint density at radius 3 is 2.36 bits per heavy atom. The zero-order chi connectivity index (χ0) is 15.7. The molecule has 0 aromatic heterocycles. The Morgan fingerprint density at radius 2 is 1.82 bits per heavy atom. The van der Waals surface area contributed by atoms with Gasteiger partial charge in [0.25, 0.3) is 0 Å². The Hall–Kier alpha value is -1.19. The zero-order valence-electron chi connectivity index (χ0n) is 12.5. The van der Waals surface area contributed by atoms with E-state index in [1.165, 1.54) is 12.1 Å². The van der Waals surface area contributed by atoms with E-state index in [1.807, 2.05) is 13.8 Å². The number of nitrogens with one attached hydrogen (secondary N) is 2. The normalized spacial score (nSPS) is 10.4. The van der Waals surface area contributed by atoms with Gasteiger partial charge in [0, 0.05) is 13.1 Å². The first kappa shape index (κ1) is 20.8. The molecule has 0 atom stereocenters. The van der Waals surface area contributed by atoms with Gasteiger partial charge < -0.3 is 15.4 Å². The van der Waals surface area contributed by atoms with E-state index in [2.05, 4.69) is 15.6 Å². The highest BCUT2D eigenvalue weighted by Gasteiger charge is 2.30. The van der Waals surface area contributed by atoms with Crippen LogP contribution in [0.5, 0.6) is 5.75 Å². The fourth-order valence-electron chi connectivity index (χ4n) is 1.59. The molecule has 0 aliphatic carbocycles. The number of halogens is 4. The predicted molar refractivity (Wildman–Crippen MR) is 92.0 cm³/mol. The fraction of sp³-hybridized carbons (Fsp3) is 0.500. The van der Waals surface area contributed by atoms with Crippen LogP contribution in [0.1, 0.15) is 19.4 Å². The highest BCUT2D eigenvalue weighted by molar-refractivity contribution is 14.0. The van der Waals surface area contributed by atoms with Gasteiger partial charge in [0.1, 0.15) is 12.4 Å². The van der Waals surface area contributed by atoms with Crippen molar-refractivity contribution in [3.8, 4) is 5.75 Å².